The Hall–Kier alpha value is -1.09. The minimum Gasteiger partial charge on any atom is -0.383 e. The fourth-order valence-corrected chi connectivity index (χ4v) is 2.38. The SMILES string of the molecule is CC(C)C1CCN(Cc2cccnc2N)C1. The number of nitrogen functional groups attached to an aromatic ring is 1. The number of pyridine rings is 1. The Kier molecular flexibility index (Phi) is 3.44. The topological polar surface area (TPSA) is 42.2 Å². The van der Waals surface area contributed by atoms with Gasteiger partial charge in [-0.3, -0.25) is 4.90 Å². The van der Waals surface area contributed by atoms with E-state index in [9.17, 15) is 0 Å². The monoisotopic (exact) mass is 219 g/mol. The number of likely N-dealkylation sites (tertiary alicyclic amines) is 1. The van der Waals surface area contributed by atoms with Crippen molar-refractivity contribution in [3.8, 4) is 0 Å². The third-order valence-corrected chi connectivity index (χ3v) is 3.57. The Bertz CT molecular complexity index is 349. The Morgan fingerprint density at radius 2 is 2.38 bits per heavy atom. The molecule has 3 nitrogen and oxygen atoms in total. The summed E-state index contributed by atoms with van der Waals surface area (Å²) in [4.78, 5) is 6.61. The molecule has 1 aliphatic rings. The Balaban J connectivity index is 1.95. The molecule has 1 fully saturated rings. The second-order valence-electron chi connectivity index (χ2n) is 5.08. The summed E-state index contributed by atoms with van der Waals surface area (Å²) >= 11 is 0. The molecule has 0 aromatic carbocycles. The molecule has 2 heterocycles. The van der Waals surface area contributed by atoms with Crippen LogP contribution in [-0.2, 0) is 6.54 Å². The smallest absolute Gasteiger partial charge is 0.127 e. The van der Waals surface area contributed by atoms with Gasteiger partial charge in [0.2, 0.25) is 0 Å². The lowest BCUT2D eigenvalue weighted by Crippen LogP contribution is -2.22. The maximum Gasteiger partial charge on any atom is 0.127 e. The number of aromatic nitrogens is 1. The number of rotatable bonds is 3. The van der Waals surface area contributed by atoms with Crippen LogP contribution in [0.1, 0.15) is 25.8 Å². The molecule has 0 saturated carbocycles. The number of hydrogen-bond acceptors (Lipinski definition) is 3. The van der Waals surface area contributed by atoms with Crippen LogP contribution in [0.2, 0.25) is 0 Å². The average Bonchev–Trinajstić information content (AvgIpc) is 2.70. The van der Waals surface area contributed by atoms with Crippen LogP contribution in [0.5, 0.6) is 0 Å². The molecule has 0 aliphatic carbocycles. The minimum absolute atomic E-state index is 0.676. The summed E-state index contributed by atoms with van der Waals surface area (Å²) in [7, 11) is 0. The van der Waals surface area contributed by atoms with Crippen LogP contribution in [0.25, 0.3) is 0 Å². The maximum atomic E-state index is 5.86. The quantitative estimate of drug-likeness (QED) is 0.847. The summed E-state index contributed by atoms with van der Waals surface area (Å²) in [5.41, 5.74) is 7.01. The molecule has 1 aromatic rings. The van der Waals surface area contributed by atoms with E-state index in [0.29, 0.717) is 5.82 Å². The van der Waals surface area contributed by atoms with E-state index in [4.69, 9.17) is 5.73 Å². The molecule has 1 unspecified atom stereocenters. The highest BCUT2D eigenvalue weighted by atomic mass is 15.1. The zero-order valence-corrected chi connectivity index (χ0v) is 10.2. The molecular weight excluding hydrogens is 198 g/mol. The van der Waals surface area contributed by atoms with Crippen molar-refractivity contribution in [2.24, 2.45) is 11.8 Å². The van der Waals surface area contributed by atoms with Crippen LogP contribution in [0.3, 0.4) is 0 Å². The van der Waals surface area contributed by atoms with Gasteiger partial charge in [0.1, 0.15) is 5.82 Å². The lowest BCUT2D eigenvalue weighted by molar-refractivity contribution is 0.297. The van der Waals surface area contributed by atoms with E-state index >= 15 is 0 Å². The van der Waals surface area contributed by atoms with E-state index in [-0.39, 0.29) is 0 Å². The van der Waals surface area contributed by atoms with Gasteiger partial charge < -0.3 is 5.73 Å². The van der Waals surface area contributed by atoms with Crippen LogP contribution >= 0.6 is 0 Å². The summed E-state index contributed by atoms with van der Waals surface area (Å²) in [6.07, 6.45) is 3.07. The second-order valence-corrected chi connectivity index (χ2v) is 5.08. The Morgan fingerprint density at radius 1 is 1.56 bits per heavy atom. The average molecular weight is 219 g/mol. The highest BCUT2D eigenvalue weighted by Crippen LogP contribution is 2.25. The van der Waals surface area contributed by atoms with Crippen molar-refractivity contribution in [1.82, 2.24) is 9.88 Å². The molecule has 0 amide bonds. The van der Waals surface area contributed by atoms with Gasteiger partial charge in [-0.05, 0) is 30.9 Å². The predicted octanol–water partition coefficient (Wildman–Crippen LogP) is 2.14. The molecule has 88 valence electrons. The van der Waals surface area contributed by atoms with E-state index in [1.807, 2.05) is 6.07 Å². The van der Waals surface area contributed by atoms with Crippen LogP contribution in [0.15, 0.2) is 18.3 Å². The van der Waals surface area contributed by atoms with Gasteiger partial charge in [-0.1, -0.05) is 19.9 Å². The highest BCUT2D eigenvalue weighted by molar-refractivity contribution is 5.38. The van der Waals surface area contributed by atoms with Gasteiger partial charge >= 0.3 is 0 Å². The predicted molar refractivity (Wildman–Crippen MR) is 66.9 cm³/mol. The van der Waals surface area contributed by atoms with E-state index in [1.54, 1.807) is 6.20 Å². The first-order valence-electron chi connectivity index (χ1n) is 6.08. The molecule has 3 heteroatoms. The van der Waals surface area contributed by atoms with Gasteiger partial charge in [-0.15, -0.1) is 0 Å². The number of hydrogen-bond donors (Lipinski definition) is 1. The van der Waals surface area contributed by atoms with Crippen molar-refractivity contribution in [3.05, 3.63) is 23.9 Å². The standard InChI is InChI=1S/C13H21N3/c1-10(2)11-5-7-16(8-11)9-12-4-3-6-15-13(12)14/h3-4,6,10-11H,5,7-9H2,1-2H3,(H2,14,15). The molecule has 0 bridgehead atoms. The van der Waals surface area contributed by atoms with Crippen LogP contribution in [0.4, 0.5) is 5.82 Å². The van der Waals surface area contributed by atoms with Crippen molar-refractivity contribution in [2.75, 3.05) is 18.8 Å². The van der Waals surface area contributed by atoms with Gasteiger partial charge in [0.25, 0.3) is 0 Å². The first-order chi connectivity index (χ1) is 7.66. The number of anilines is 1. The summed E-state index contributed by atoms with van der Waals surface area (Å²) in [6, 6.07) is 4.03. The maximum absolute atomic E-state index is 5.86. The lowest BCUT2D eigenvalue weighted by atomic mass is 9.95. The second kappa shape index (κ2) is 4.83. The molecule has 16 heavy (non-hydrogen) atoms. The van der Waals surface area contributed by atoms with Gasteiger partial charge in [-0.2, -0.15) is 0 Å². The van der Waals surface area contributed by atoms with Gasteiger partial charge in [0, 0.05) is 24.8 Å². The van der Waals surface area contributed by atoms with Crippen molar-refractivity contribution < 1.29 is 0 Å². The van der Waals surface area contributed by atoms with E-state index in [1.165, 1.54) is 19.5 Å². The molecule has 0 radical (unpaired) electrons. The first kappa shape index (κ1) is 11.4. The molecule has 1 saturated heterocycles. The third kappa shape index (κ3) is 2.53. The third-order valence-electron chi connectivity index (χ3n) is 3.57. The Morgan fingerprint density at radius 3 is 3.00 bits per heavy atom. The van der Waals surface area contributed by atoms with Crippen LogP contribution in [0, 0.1) is 11.8 Å². The van der Waals surface area contributed by atoms with Crippen molar-refractivity contribution in [2.45, 2.75) is 26.8 Å². The first-order valence-corrected chi connectivity index (χ1v) is 6.08. The van der Waals surface area contributed by atoms with E-state index < -0.39 is 0 Å². The summed E-state index contributed by atoms with van der Waals surface area (Å²) in [5, 5.41) is 0. The fraction of sp³-hybridized carbons (Fsp3) is 0.615. The van der Waals surface area contributed by atoms with Crippen molar-refractivity contribution in [3.63, 3.8) is 0 Å². The Labute approximate surface area is 97.7 Å². The normalized spacial score (nSPS) is 21.8. The summed E-state index contributed by atoms with van der Waals surface area (Å²) in [5.74, 6) is 2.31. The zero-order chi connectivity index (χ0) is 11.5. The zero-order valence-electron chi connectivity index (χ0n) is 10.2. The molecule has 1 aromatic heterocycles. The molecular formula is C13H21N3. The lowest BCUT2D eigenvalue weighted by Gasteiger charge is -2.18. The molecule has 1 atom stereocenters. The van der Waals surface area contributed by atoms with E-state index in [2.05, 4.69) is 29.8 Å². The van der Waals surface area contributed by atoms with Crippen molar-refractivity contribution >= 4 is 5.82 Å². The largest absolute Gasteiger partial charge is 0.383 e. The van der Waals surface area contributed by atoms with Crippen LogP contribution in [-0.4, -0.2) is 23.0 Å². The van der Waals surface area contributed by atoms with Gasteiger partial charge in [0.15, 0.2) is 0 Å². The van der Waals surface area contributed by atoms with E-state index in [0.717, 1.165) is 23.9 Å². The molecule has 0 spiro atoms. The fourth-order valence-electron chi connectivity index (χ4n) is 2.38. The van der Waals surface area contributed by atoms with Gasteiger partial charge in [0.05, 0.1) is 0 Å². The molecule has 2 rings (SSSR count). The minimum atomic E-state index is 0.676. The molecule has 2 N–H and O–H groups in total. The van der Waals surface area contributed by atoms with Crippen LogP contribution < -0.4 is 5.73 Å². The summed E-state index contributed by atoms with van der Waals surface area (Å²) in [6.45, 7) is 7.96. The van der Waals surface area contributed by atoms with Crippen molar-refractivity contribution in [1.29, 1.82) is 0 Å². The molecule has 1 aliphatic heterocycles. The number of nitrogens with two attached hydrogens (primary N) is 1. The number of nitrogens with zero attached hydrogens (tertiary/aromatic N) is 2. The van der Waals surface area contributed by atoms with Gasteiger partial charge in [-0.25, -0.2) is 4.98 Å². The highest BCUT2D eigenvalue weighted by Gasteiger charge is 2.24. The summed E-state index contributed by atoms with van der Waals surface area (Å²) < 4.78 is 0.